The van der Waals surface area contributed by atoms with Gasteiger partial charge in [-0.3, -0.25) is 14.6 Å². The highest BCUT2D eigenvalue weighted by Crippen LogP contribution is 2.14. The van der Waals surface area contributed by atoms with E-state index in [1.807, 2.05) is 0 Å². The van der Waals surface area contributed by atoms with Gasteiger partial charge in [-0.2, -0.15) is 0 Å². The summed E-state index contributed by atoms with van der Waals surface area (Å²) in [4.78, 5) is 21.2. The average Bonchev–Trinajstić information content (AvgIpc) is 3.13. The maximum atomic E-state index is 12.1. The molecule has 1 aliphatic rings. The summed E-state index contributed by atoms with van der Waals surface area (Å²) in [5.41, 5.74) is 4.44. The van der Waals surface area contributed by atoms with Crippen molar-refractivity contribution in [2.24, 2.45) is 5.92 Å². The third-order valence-corrected chi connectivity index (χ3v) is 5.26. The fourth-order valence-electron chi connectivity index (χ4n) is 3.33. The van der Waals surface area contributed by atoms with Crippen LogP contribution in [-0.2, 0) is 13.1 Å². The highest BCUT2D eigenvalue weighted by atomic mass is 16.3. The lowest BCUT2D eigenvalue weighted by Crippen LogP contribution is -2.45. The quantitative estimate of drug-likeness (QED) is 0.795. The molecule has 0 spiro atoms. The van der Waals surface area contributed by atoms with Gasteiger partial charge in [-0.1, -0.05) is 32.0 Å². The molecule has 28 heavy (non-hydrogen) atoms. The molecule has 3 rings (SSSR count). The highest BCUT2D eigenvalue weighted by Gasteiger charge is 2.20. The van der Waals surface area contributed by atoms with E-state index in [1.165, 1.54) is 23.0 Å². The molecule has 0 radical (unpaired) electrons. The first kappa shape index (κ1) is 20.6. The van der Waals surface area contributed by atoms with Crippen LogP contribution in [0.4, 0.5) is 0 Å². The van der Waals surface area contributed by atoms with Crippen molar-refractivity contribution in [2.45, 2.75) is 40.8 Å². The van der Waals surface area contributed by atoms with Crippen molar-refractivity contribution < 1.29 is 9.21 Å². The molecule has 1 aliphatic heterocycles. The predicted octanol–water partition coefficient (Wildman–Crippen LogP) is 3.00. The van der Waals surface area contributed by atoms with E-state index < -0.39 is 0 Å². The maximum absolute atomic E-state index is 12.1. The largest absolute Gasteiger partial charge is 0.447 e. The summed E-state index contributed by atoms with van der Waals surface area (Å²) in [7, 11) is 0. The molecular formula is C22H32N4O2. The van der Waals surface area contributed by atoms with Crippen LogP contribution in [0.3, 0.4) is 0 Å². The zero-order valence-corrected chi connectivity index (χ0v) is 17.5. The summed E-state index contributed by atoms with van der Waals surface area (Å²) in [6.07, 6.45) is 1.46. The molecule has 6 nitrogen and oxygen atoms in total. The minimum atomic E-state index is -0.165. The number of nitrogens with one attached hydrogen (secondary N) is 1. The van der Waals surface area contributed by atoms with Crippen LogP contribution >= 0.6 is 0 Å². The molecule has 0 unspecified atom stereocenters. The summed E-state index contributed by atoms with van der Waals surface area (Å²) in [5.74, 6) is 0.856. The summed E-state index contributed by atoms with van der Waals surface area (Å²) in [5, 5.41) is 2.87. The van der Waals surface area contributed by atoms with Gasteiger partial charge in [-0.05, 0) is 36.5 Å². The number of oxazole rings is 1. The Labute approximate surface area is 167 Å². The van der Waals surface area contributed by atoms with E-state index in [1.54, 1.807) is 0 Å². The van der Waals surface area contributed by atoms with Crippen molar-refractivity contribution in [3.05, 3.63) is 52.7 Å². The molecule has 0 aliphatic carbocycles. The Morgan fingerprint density at radius 2 is 1.79 bits per heavy atom. The van der Waals surface area contributed by atoms with Gasteiger partial charge in [0.2, 0.25) is 5.89 Å². The Hall–Kier alpha value is -2.18. The van der Waals surface area contributed by atoms with E-state index in [2.05, 4.69) is 66.0 Å². The first-order chi connectivity index (χ1) is 13.4. The third-order valence-electron chi connectivity index (χ3n) is 5.26. The van der Waals surface area contributed by atoms with Crippen LogP contribution in [0, 0.1) is 19.8 Å². The number of rotatable bonds is 7. The van der Waals surface area contributed by atoms with Crippen molar-refractivity contribution in [3.8, 4) is 0 Å². The number of carbonyl (C=O) groups is 1. The van der Waals surface area contributed by atoms with Gasteiger partial charge in [0.1, 0.15) is 6.26 Å². The van der Waals surface area contributed by atoms with Crippen LogP contribution in [0.1, 0.15) is 46.9 Å². The maximum Gasteiger partial charge on any atom is 0.273 e. The molecule has 0 bridgehead atoms. The number of piperazine rings is 1. The van der Waals surface area contributed by atoms with Crippen LogP contribution in [0.15, 0.2) is 28.9 Å². The summed E-state index contributed by atoms with van der Waals surface area (Å²) in [6.45, 7) is 14.7. The molecule has 0 saturated carbocycles. The van der Waals surface area contributed by atoms with Gasteiger partial charge < -0.3 is 9.73 Å². The molecule has 1 aromatic carbocycles. The SMILES string of the molecule is Cc1ccc(CN2CCN(Cc3nc(C(=O)NCC(C)C)co3)CC2)cc1C. The second kappa shape index (κ2) is 9.34. The van der Waals surface area contributed by atoms with E-state index in [9.17, 15) is 4.79 Å². The smallest absolute Gasteiger partial charge is 0.273 e. The van der Waals surface area contributed by atoms with Gasteiger partial charge in [-0.25, -0.2) is 4.98 Å². The lowest BCUT2D eigenvalue weighted by Gasteiger charge is -2.34. The normalized spacial score (nSPS) is 15.9. The predicted molar refractivity (Wildman–Crippen MR) is 110 cm³/mol. The second-order valence-electron chi connectivity index (χ2n) is 8.20. The fraction of sp³-hybridized carbons (Fsp3) is 0.545. The molecule has 1 fully saturated rings. The molecule has 2 aromatic rings. The number of carbonyl (C=O) groups excluding carboxylic acids is 1. The van der Waals surface area contributed by atoms with Crippen molar-refractivity contribution in [1.29, 1.82) is 0 Å². The minimum Gasteiger partial charge on any atom is -0.447 e. The van der Waals surface area contributed by atoms with Gasteiger partial charge in [0, 0.05) is 39.3 Å². The molecular weight excluding hydrogens is 352 g/mol. The number of aromatic nitrogens is 1. The Morgan fingerprint density at radius 3 is 2.43 bits per heavy atom. The van der Waals surface area contributed by atoms with E-state index in [-0.39, 0.29) is 5.91 Å². The lowest BCUT2D eigenvalue weighted by molar-refractivity contribution is 0.0943. The van der Waals surface area contributed by atoms with E-state index >= 15 is 0 Å². The highest BCUT2D eigenvalue weighted by molar-refractivity contribution is 5.91. The van der Waals surface area contributed by atoms with Crippen molar-refractivity contribution in [1.82, 2.24) is 20.1 Å². The lowest BCUT2D eigenvalue weighted by atomic mass is 10.1. The number of nitrogens with zero attached hydrogens (tertiary/aromatic N) is 3. The summed E-state index contributed by atoms with van der Waals surface area (Å²) in [6, 6.07) is 6.73. The number of hydrogen-bond donors (Lipinski definition) is 1. The number of amides is 1. The van der Waals surface area contributed by atoms with Gasteiger partial charge >= 0.3 is 0 Å². The van der Waals surface area contributed by atoms with Crippen LogP contribution in [0.25, 0.3) is 0 Å². The molecule has 1 aromatic heterocycles. The monoisotopic (exact) mass is 384 g/mol. The number of hydrogen-bond acceptors (Lipinski definition) is 5. The van der Waals surface area contributed by atoms with Crippen LogP contribution < -0.4 is 5.32 Å². The fourth-order valence-corrected chi connectivity index (χ4v) is 3.33. The summed E-state index contributed by atoms with van der Waals surface area (Å²) >= 11 is 0. The Balaban J connectivity index is 1.45. The third kappa shape index (κ3) is 5.66. The zero-order valence-electron chi connectivity index (χ0n) is 17.5. The van der Waals surface area contributed by atoms with E-state index in [0.29, 0.717) is 30.6 Å². The molecule has 1 amide bonds. The first-order valence-electron chi connectivity index (χ1n) is 10.1. The van der Waals surface area contributed by atoms with Gasteiger partial charge in [0.15, 0.2) is 5.69 Å². The summed E-state index contributed by atoms with van der Waals surface area (Å²) < 4.78 is 5.51. The average molecular weight is 385 g/mol. The van der Waals surface area contributed by atoms with Gasteiger partial charge in [0.05, 0.1) is 6.54 Å². The standard InChI is InChI=1S/C22H32N4O2/c1-16(2)12-23-22(27)20-15-28-21(24-20)14-26-9-7-25(8-10-26)13-19-6-5-17(3)18(4)11-19/h5-6,11,15-16H,7-10,12-14H2,1-4H3,(H,23,27). The molecule has 2 heterocycles. The number of benzene rings is 1. The Morgan fingerprint density at radius 1 is 1.11 bits per heavy atom. The Bertz CT molecular complexity index is 792. The molecule has 1 saturated heterocycles. The number of aryl methyl sites for hydroxylation is 2. The molecule has 6 heteroatoms. The topological polar surface area (TPSA) is 61.6 Å². The minimum absolute atomic E-state index is 0.165. The van der Waals surface area contributed by atoms with E-state index in [4.69, 9.17) is 4.42 Å². The molecule has 152 valence electrons. The van der Waals surface area contributed by atoms with Crippen molar-refractivity contribution in [3.63, 3.8) is 0 Å². The van der Waals surface area contributed by atoms with Crippen LogP contribution in [0.5, 0.6) is 0 Å². The van der Waals surface area contributed by atoms with Crippen molar-refractivity contribution >= 4 is 5.91 Å². The van der Waals surface area contributed by atoms with Crippen molar-refractivity contribution in [2.75, 3.05) is 32.7 Å². The first-order valence-corrected chi connectivity index (χ1v) is 10.1. The van der Waals surface area contributed by atoms with Crippen LogP contribution in [0.2, 0.25) is 0 Å². The van der Waals surface area contributed by atoms with Gasteiger partial charge in [0.25, 0.3) is 5.91 Å². The Kier molecular flexibility index (Phi) is 6.86. The van der Waals surface area contributed by atoms with Gasteiger partial charge in [-0.15, -0.1) is 0 Å². The van der Waals surface area contributed by atoms with Crippen LogP contribution in [-0.4, -0.2) is 53.4 Å². The second-order valence-corrected chi connectivity index (χ2v) is 8.20. The zero-order chi connectivity index (χ0) is 20.1. The molecule has 1 N–H and O–H groups in total. The van der Waals surface area contributed by atoms with E-state index in [0.717, 1.165) is 32.7 Å². The molecule has 0 atom stereocenters.